The number of nitrogens with zero attached hydrogens (tertiary/aromatic N) is 1. The third-order valence-corrected chi connectivity index (χ3v) is 4.38. The van der Waals surface area contributed by atoms with Crippen molar-refractivity contribution in [2.45, 2.75) is 38.3 Å². The summed E-state index contributed by atoms with van der Waals surface area (Å²) in [4.78, 5) is 2.47. The Morgan fingerprint density at radius 3 is 2.57 bits per heavy atom. The number of hydrogen-bond donors (Lipinski definition) is 2. The molecule has 2 atom stereocenters. The smallest absolute Gasteiger partial charge is 0.0924 e. The fourth-order valence-corrected chi connectivity index (χ4v) is 3.00. The molecule has 0 heterocycles. The van der Waals surface area contributed by atoms with Gasteiger partial charge in [-0.25, -0.2) is 0 Å². The lowest BCUT2D eigenvalue weighted by atomic mass is 9.98. The topological polar surface area (TPSA) is 62.3 Å². The first-order valence-corrected chi connectivity index (χ1v) is 7.76. The van der Waals surface area contributed by atoms with E-state index in [-0.39, 0.29) is 11.9 Å². The van der Waals surface area contributed by atoms with Crippen LogP contribution < -0.4 is 5.73 Å². The summed E-state index contributed by atoms with van der Waals surface area (Å²) in [7, 11) is 1.74. The van der Waals surface area contributed by atoms with Gasteiger partial charge in [-0.1, -0.05) is 30.3 Å². The molecular weight excluding hydrogens is 262 g/mol. The van der Waals surface area contributed by atoms with Gasteiger partial charge in [-0.3, -0.25) is 10.3 Å². The van der Waals surface area contributed by atoms with E-state index in [1.165, 1.54) is 18.4 Å². The van der Waals surface area contributed by atoms with Crippen molar-refractivity contribution in [3.05, 3.63) is 35.9 Å². The van der Waals surface area contributed by atoms with Gasteiger partial charge in [0.2, 0.25) is 0 Å². The molecule has 4 nitrogen and oxygen atoms in total. The maximum atomic E-state index is 7.73. The summed E-state index contributed by atoms with van der Waals surface area (Å²) in [5, 5.41) is 7.73. The van der Waals surface area contributed by atoms with E-state index >= 15 is 0 Å². The van der Waals surface area contributed by atoms with Gasteiger partial charge in [0.1, 0.15) is 0 Å². The number of rotatable bonds is 9. The molecule has 1 aliphatic rings. The van der Waals surface area contributed by atoms with Crippen molar-refractivity contribution >= 4 is 5.84 Å². The Kier molecular flexibility index (Phi) is 5.76. The van der Waals surface area contributed by atoms with E-state index < -0.39 is 0 Å². The summed E-state index contributed by atoms with van der Waals surface area (Å²) in [5.74, 6) is 1.02. The second kappa shape index (κ2) is 7.57. The van der Waals surface area contributed by atoms with Crippen molar-refractivity contribution in [2.24, 2.45) is 11.7 Å². The molecular formula is C17H27N3O. The van der Waals surface area contributed by atoms with E-state index in [0.717, 1.165) is 12.5 Å². The van der Waals surface area contributed by atoms with Gasteiger partial charge in [0, 0.05) is 32.2 Å². The first-order chi connectivity index (χ1) is 10.1. The molecule has 1 aliphatic carbocycles. The van der Waals surface area contributed by atoms with Crippen molar-refractivity contribution in [3.63, 3.8) is 0 Å². The van der Waals surface area contributed by atoms with E-state index in [2.05, 4.69) is 36.1 Å². The van der Waals surface area contributed by atoms with Gasteiger partial charge >= 0.3 is 0 Å². The minimum absolute atomic E-state index is 0.162. The number of hydrogen-bond acceptors (Lipinski definition) is 3. The van der Waals surface area contributed by atoms with Crippen LogP contribution in [0.5, 0.6) is 0 Å². The quantitative estimate of drug-likeness (QED) is 0.543. The first kappa shape index (κ1) is 16.0. The van der Waals surface area contributed by atoms with Gasteiger partial charge in [-0.05, 0) is 31.2 Å². The minimum atomic E-state index is 0.162. The van der Waals surface area contributed by atoms with E-state index in [1.54, 1.807) is 7.11 Å². The maximum absolute atomic E-state index is 7.73. The van der Waals surface area contributed by atoms with Crippen molar-refractivity contribution in [2.75, 3.05) is 20.3 Å². The minimum Gasteiger partial charge on any atom is -0.388 e. The molecule has 2 unspecified atom stereocenters. The zero-order valence-electron chi connectivity index (χ0n) is 13.1. The number of benzene rings is 1. The normalized spacial score (nSPS) is 17.7. The lowest BCUT2D eigenvalue weighted by molar-refractivity contribution is 0.0828. The predicted molar refractivity (Wildman–Crippen MR) is 86.5 cm³/mol. The lowest BCUT2D eigenvalue weighted by Crippen LogP contribution is -2.41. The molecule has 21 heavy (non-hydrogen) atoms. The summed E-state index contributed by atoms with van der Waals surface area (Å²) < 4.78 is 5.29. The van der Waals surface area contributed by atoms with Crippen LogP contribution in [0, 0.1) is 11.3 Å². The van der Waals surface area contributed by atoms with Crippen LogP contribution in [0.1, 0.15) is 37.8 Å². The Hall–Kier alpha value is -1.39. The van der Waals surface area contributed by atoms with Crippen molar-refractivity contribution in [1.29, 1.82) is 5.41 Å². The summed E-state index contributed by atoms with van der Waals surface area (Å²) in [6.07, 6.45) is 3.20. The number of amidine groups is 1. The Morgan fingerprint density at radius 2 is 2.05 bits per heavy atom. The molecule has 116 valence electrons. The molecule has 0 bridgehead atoms. The molecule has 0 spiro atoms. The van der Waals surface area contributed by atoms with Crippen molar-refractivity contribution < 1.29 is 4.74 Å². The van der Waals surface area contributed by atoms with Gasteiger partial charge in [0.15, 0.2) is 0 Å². The number of nitrogens with one attached hydrogen (secondary N) is 1. The van der Waals surface area contributed by atoms with Gasteiger partial charge in [-0.2, -0.15) is 0 Å². The average Bonchev–Trinajstić information content (AvgIpc) is 3.31. The fourth-order valence-electron chi connectivity index (χ4n) is 3.00. The van der Waals surface area contributed by atoms with Crippen LogP contribution in [0.2, 0.25) is 0 Å². The van der Waals surface area contributed by atoms with Crippen LogP contribution in [0.15, 0.2) is 30.3 Å². The van der Waals surface area contributed by atoms with Crippen molar-refractivity contribution in [3.8, 4) is 0 Å². The third kappa shape index (κ3) is 4.55. The highest BCUT2D eigenvalue weighted by atomic mass is 16.5. The molecule has 1 aromatic carbocycles. The first-order valence-electron chi connectivity index (χ1n) is 7.76. The average molecular weight is 289 g/mol. The number of methoxy groups -OCH3 is 1. The zero-order valence-corrected chi connectivity index (χ0v) is 13.1. The molecule has 3 N–H and O–H groups in total. The summed E-state index contributed by atoms with van der Waals surface area (Å²) in [6.45, 7) is 3.88. The van der Waals surface area contributed by atoms with E-state index in [4.69, 9.17) is 15.9 Å². The molecule has 0 amide bonds. The standard InChI is InChI=1S/C17H27N3O/c1-13(14-8-9-14)20(10-11-21-2)16(12-17(18)19)15-6-4-3-5-7-15/h3-7,13-14,16H,8-12H2,1-2H3,(H3,18,19). The van der Waals surface area contributed by atoms with Crippen LogP contribution in [-0.4, -0.2) is 37.0 Å². The fraction of sp³-hybridized carbons (Fsp3) is 0.588. The summed E-state index contributed by atoms with van der Waals surface area (Å²) in [6, 6.07) is 11.1. The van der Waals surface area contributed by atoms with Crippen LogP contribution in [-0.2, 0) is 4.74 Å². The van der Waals surface area contributed by atoms with Gasteiger partial charge < -0.3 is 10.5 Å². The second-order valence-electron chi connectivity index (χ2n) is 5.96. The highest BCUT2D eigenvalue weighted by Gasteiger charge is 2.35. The van der Waals surface area contributed by atoms with E-state index in [0.29, 0.717) is 19.1 Å². The summed E-state index contributed by atoms with van der Waals surface area (Å²) in [5.41, 5.74) is 6.95. The molecule has 0 radical (unpaired) electrons. The third-order valence-electron chi connectivity index (χ3n) is 4.38. The van der Waals surface area contributed by atoms with Crippen LogP contribution >= 0.6 is 0 Å². The van der Waals surface area contributed by atoms with E-state index in [9.17, 15) is 0 Å². The van der Waals surface area contributed by atoms with Crippen molar-refractivity contribution in [1.82, 2.24) is 4.90 Å². The molecule has 0 aromatic heterocycles. The SMILES string of the molecule is COCCN(C(CC(=N)N)c1ccccc1)C(C)C1CC1. The molecule has 2 rings (SSSR count). The van der Waals surface area contributed by atoms with Crippen LogP contribution in [0.4, 0.5) is 0 Å². The highest BCUT2D eigenvalue weighted by Crippen LogP contribution is 2.38. The monoisotopic (exact) mass is 289 g/mol. The highest BCUT2D eigenvalue weighted by molar-refractivity contribution is 5.77. The number of ether oxygens (including phenoxy) is 1. The molecule has 1 saturated carbocycles. The summed E-state index contributed by atoms with van der Waals surface area (Å²) >= 11 is 0. The Labute approximate surface area is 127 Å². The van der Waals surface area contributed by atoms with E-state index in [1.807, 2.05) is 6.07 Å². The molecule has 0 aliphatic heterocycles. The predicted octanol–water partition coefficient (Wildman–Crippen LogP) is 2.80. The molecule has 1 aromatic rings. The van der Waals surface area contributed by atoms with Gasteiger partial charge in [0.25, 0.3) is 0 Å². The zero-order chi connectivity index (χ0) is 15.2. The molecule has 0 saturated heterocycles. The van der Waals surface area contributed by atoms with Crippen LogP contribution in [0.3, 0.4) is 0 Å². The second-order valence-corrected chi connectivity index (χ2v) is 5.96. The largest absolute Gasteiger partial charge is 0.388 e. The number of nitrogens with two attached hydrogens (primary N) is 1. The van der Waals surface area contributed by atoms with Gasteiger partial charge in [0.05, 0.1) is 12.4 Å². The Balaban J connectivity index is 2.22. The van der Waals surface area contributed by atoms with Crippen LogP contribution in [0.25, 0.3) is 0 Å². The van der Waals surface area contributed by atoms with Gasteiger partial charge in [-0.15, -0.1) is 0 Å². The Bertz CT molecular complexity index is 445. The Morgan fingerprint density at radius 1 is 1.38 bits per heavy atom. The lowest BCUT2D eigenvalue weighted by Gasteiger charge is -2.37. The molecule has 4 heteroatoms. The molecule has 1 fully saturated rings. The maximum Gasteiger partial charge on any atom is 0.0924 e.